The van der Waals surface area contributed by atoms with Crippen molar-refractivity contribution >= 4 is 17.1 Å². The van der Waals surface area contributed by atoms with E-state index in [1.54, 1.807) is 22.3 Å². The topological polar surface area (TPSA) is 3.24 Å². The summed E-state index contributed by atoms with van der Waals surface area (Å²) in [5.41, 5.74) is 19.0. The van der Waals surface area contributed by atoms with E-state index in [4.69, 9.17) is 0 Å². The standard InChI is InChI=1S/C53H47N/c1-2-10-36(11-3-1)37-12-8-13-41(30-37)54(42-22-23-44-43-14-4-6-16-46(43)52(49(44)31-42)32-33-20-21-38(52)25-33)50-19-9-18-48-51(50)45-15-5-7-17-47(45)53(48)39-26-34-24-35(28-39)29-40(53)27-34/h1-19,22-23,30-31,33-35,38-40H,20-21,24-29,32H2. The third-order valence-corrected chi connectivity index (χ3v) is 16.3. The maximum atomic E-state index is 2.67. The molecule has 0 aliphatic heterocycles. The fourth-order valence-electron chi connectivity index (χ4n) is 14.8. The predicted octanol–water partition coefficient (Wildman–Crippen LogP) is 13.6. The summed E-state index contributed by atoms with van der Waals surface area (Å²) in [6, 6.07) is 54.5. The van der Waals surface area contributed by atoms with E-state index in [9.17, 15) is 0 Å². The number of rotatable bonds is 4. The van der Waals surface area contributed by atoms with Gasteiger partial charge in [0.2, 0.25) is 0 Å². The van der Waals surface area contributed by atoms with Gasteiger partial charge in [-0.15, -0.1) is 0 Å². The van der Waals surface area contributed by atoms with E-state index < -0.39 is 0 Å². The second-order valence-corrected chi connectivity index (χ2v) is 18.5. The van der Waals surface area contributed by atoms with E-state index in [1.165, 1.54) is 108 Å². The van der Waals surface area contributed by atoms with Crippen molar-refractivity contribution in [2.75, 3.05) is 4.90 Å². The van der Waals surface area contributed by atoms with Gasteiger partial charge >= 0.3 is 0 Å². The second kappa shape index (κ2) is 10.9. The highest BCUT2D eigenvalue weighted by atomic mass is 15.1. The Morgan fingerprint density at radius 1 is 0.426 bits per heavy atom. The minimum absolute atomic E-state index is 0.137. The van der Waals surface area contributed by atoms with Crippen LogP contribution in [-0.4, -0.2) is 0 Å². The lowest BCUT2D eigenvalue weighted by Gasteiger charge is -2.61. The molecule has 0 amide bonds. The Labute approximate surface area is 320 Å². The van der Waals surface area contributed by atoms with Gasteiger partial charge in [0.05, 0.1) is 5.69 Å². The van der Waals surface area contributed by atoms with Crippen LogP contribution < -0.4 is 4.90 Å². The number of anilines is 3. The van der Waals surface area contributed by atoms with Crippen LogP contribution in [0.15, 0.2) is 140 Å². The van der Waals surface area contributed by atoms with Crippen LogP contribution in [0.25, 0.3) is 33.4 Å². The molecule has 2 spiro atoms. The van der Waals surface area contributed by atoms with Crippen molar-refractivity contribution in [1.29, 1.82) is 0 Å². The van der Waals surface area contributed by atoms with E-state index >= 15 is 0 Å². The molecule has 6 aromatic carbocycles. The van der Waals surface area contributed by atoms with Gasteiger partial charge in [-0.1, -0.05) is 116 Å². The quantitative estimate of drug-likeness (QED) is 0.177. The Kier molecular flexibility index (Phi) is 6.13. The zero-order valence-corrected chi connectivity index (χ0v) is 31.1. The van der Waals surface area contributed by atoms with Gasteiger partial charge in [0.25, 0.3) is 0 Å². The first-order chi connectivity index (χ1) is 26.7. The van der Waals surface area contributed by atoms with Crippen LogP contribution in [0.3, 0.4) is 0 Å². The normalized spacial score (nSPS) is 31.2. The number of hydrogen-bond acceptors (Lipinski definition) is 1. The number of hydrogen-bond donors (Lipinski definition) is 0. The van der Waals surface area contributed by atoms with E-state index in [-0.39, 0.29) is 10.8 Å². The van der Waals surface area contributed by atoms with Crippen molar-refractivity contribution in [3.63, 3.8) is 0 Å². The van der Waals surface area contributed by atoms with E-state index in [0.29, 0.717) is 0 Å². The molecular formula is C53H47N. The van der Waals surface area contributed by atoms with Crippen LogP contribution in [0.2, 0.25) is 0 Å². The van der Waals surface area contributed by atoms with Crippen LogP contribution in [0.4, 0.5) is 17.1 Å². The molecule has 1 nitrogen and oxygen atoms in total. The molecule has 8 aliphatic carbocycles. The zero-order chi connectivity index (χ0) is 35.2. The molecule has 3 unspecified atom stereocenters. The van der Waals surface area contributed by atoms with Crippen LogP contribution in [-0.2, 0) is 10.8 Å². The third-order valence-electron chi connectivity index (χ3n) is 16.3. The minimum Gasteiger partial charge on any atom is -0.310 e. The van der Waals surface area contributed by atoms with Crippen LogP contribution in [0.1, 0.15) is 80.0 Å². The summed E-state index contributed by atoms with van der Waals surface area (Å²) in [7, 11) is 0. The van der Waals surface area contributed by atoms with E-state index in [0.717, 1.165) is 35.5 Å². The first kappa shape index (κ1) is 30.4. The Bertz CT molecular complexity index is 2480. The summed E-state index contributed by atoms with van der Waals surface area (Å²) in [4.78, 5) is 2.67. The van der Waals surface area contributed by atoms with Crippen molar-refractivity contribution in [2.45, 2.75) is 68.6 Å². The summed E-state index contributed by atoms with van der Waals surface area (Å²) in [6.07, 6.45) is 12.6. The highest BCUT2D eigenvalue weighted by molar-refractivity contribution is 5.97. The lowest BCUT2D eigenvalue weighted by molar-refractivity contribution is -0.0399. The lowest BCUT2D eigenvalue weighted by Crippen LogP contribution is -2.55. The molecule has 0 N–H and O–H groups in total. The average molecular weight is 698 g/mol. The number of nitrogens with zero attached hydrogens (tertiary/aromatic N) is 1. The van der Waals surface area contributed by atoms with Crippen molar-refractivity contribution in [3.05, 3.63) is 162 Å². The summed E-state index contributed by atoms with van der Waals surface area (Å²) < 4.78 is 0. The molecule has 0 aromatic heterocycles. The van der Waals surface area contributed by atoms with Crippen molar-refractivity contribution in [2.24, 2.45) is 35.5 Å². The van der Waals surface area contributed by atoms with Gasteiger partial charge in [0.1, 0.15) is 0 Å². The highest BCUT2D eigenvalue weighted by Gasteiger charge is 2.62. The van der Waals surface area contributed by atoms with Gasteiger partial charge in [-0.2, -0.15) is 0 Å². The largest absolute Gasteiger partial charge is 0.310 e. The maximum Gasteiger partial charge on any atom is 0.0543 e. The van der Waals surface area contributed by atoms with Gasteiger partial charge in [-0.25, -0.2) is 0 Å². The minimum atomic E-state index is 0.137. The van der Waals surface area contributed by atoms with E-state index in [1.807, 2.05) is 0 Å². The molecule has 54 heavy (non-hydrogen) atoms. The average Bonchev–Trinajstić information content (AvgIpc) is 3.98. The first-order valence-electron chi connectivity index (χ1n) is 21.1. The van der Waals surface area contributed by atoms with Crippen LogP contribution in [0.5, 0.6) is 0 Å². The molecule has 8 aliphatic rings. The Hall–Kier alpha value is -4.88. The monoisotopic (exact) mass is 697 g/mol. The van der Waals surface area contributed by atoms with Crippen LogP contribution >= 0.6 is 0 Å². The molecule has 6 fully saturated rings. The van der Waals surface area contributed by atoms with Gasteiger partial charge in [0, 0.05) is 27.8 Å². The first-order valence-corrected chi connectivity index (χ1v) is 21.1. The highest BCUT2D eigenvalue weighted by Crippen LogP contribution is 2.71. The number of fused-ring (bicyclic) bond motifs is 11. The predicted molar refractivity (Wildman–Crippen MR) is 221 cm³/mol. The van der Waals surface area contributed by atoms with Crippen molar-refractivity contribution < 1.29 is 0 Å². The van der Waals surface area contributed by atoms with Crippen molar-refractivity contribution in [3.8, 4) is 33.4 Å². The van der Waals surface area contributed by atoms with Gasteiger partial charge < -0.3 is 4.90 Å². The molecule has 6 saturated carbocycles. The zero-order valence-electron chi connectivity index (χ0n) is 31.1. The van der Waals surface area contributed by atoms with Gasteiger partial charge in [-0.05, 0) is 167 Å². The second-order valence-electron chi connectivity index (χ2n) is 18.5. The Morgan fingerprint density at radius 2 is 1.07 bits per heavy atom. The lowest BCUT2D eigenvalue weighted by atomic mass is 9.43. The molecule has 264 valence electrons. The Balaban J connectivity index is 1.06. The molecule has 3 atom stereocenters. The Morgan fingerprint density at radius 3 is 1.85 bits per heavy atom. The molecule has 0 heterocycles. The molecule has 6 aromatic rings. The van der Waals surface area contributed by atoms with Crippen LogP contribution in [0, 0.1) is 35.5 Å². The summed E-state index contributed by atoms with van der Waals surface area (Å²) in [5, 5.41) is 0. The molecule has 14 rings (SSSR count). The van der Waals surface area contributed by atoms with Crippen molar-refractivity contribution in [1.82, 2.24) is 0 Å². The summed E-state index contributed by atoms with van der Waals surface area (Å²) >= 11 is 0. The van der Waals surface area contributed by atoms with Gasteiger partial charge in [0.15, 0.2) is 0 Å². The number of benzene rings is 6. The fourth-order valence-corrected chi connectivity index (χ4v) is 14.8. The molecular weight excluding hydrogens is 651 g/mol. The van der Waals surface area contributed by atoms with E-state index in [2.05, 4.69) is 144 Å². The molecule has 6 bridgehead atoms. The summed E-state index contributed by atoms with van der Waals surface area (Å²) in [5.74, 6) is 4.95. The smallest absolute Gasteiger partial charge is 0.0543 e. The third kappa shape index (κ3) is 3.81. The van der Waals surface area contributed by atoms with Gasteiger partial charge in [-0.3, -0.25) is 0 Å². The fraction of sp³-hybridized carbons (Fsp3) is 0.321. The summed E-state index contributed by atoms with van der Waals surface area (Å²) in [6.45, 7) is 0. The molecule has 0 radical (unpaired) electrons. The molecule has 0 saturated heterocycles. The SMILES string of the molecule is c1ccc(-c2cccc(N(c3ccc4c(c3)C3(CC5CCC3C5)c3ccccc3-4)c3cccc4c3-c3ccccc3C43C4CC5CC(C4)CC3C5)c2)cc1. The maximum absolute atomic E-state index is 2.67. The molecule has 1 heteroatoms.